The standard InChI is InChI=1S/C12H17BrN2/c13-11(9-6-7-9)5-1-3-10-4-2-8-15-12(10)14/h2,4,8-9,11H,1,3,5-7H2,(H2,14,15). The van der Waals surface area contributed by atoms with Crippen molar-refractivity contribution in [3.05, 3.63) is 23.9 Å². The number of nitrogens with two attached hydrogens (primary N) is 1. The summed E-state index contributed by atoms with van der Waals surface area (Å²) in [5.74, 6) is 1.63. The van der Waals surface area contributed by atoms with E-state index in [9.17, 15) is 0 Å². The van der Waals surface area contributed by atoms with Gasteiger partial charge in [-0.1, -0.05) is 22.0 Å². The van der Waals surface area contributed by atoms with E-state index in [1.165, 1.54) is 31.2 Å². The van der Waals surface area contributed by atoms with Crippen molar-refractivity contribution in [2.45, 2.75) is 36.9 Å². The van der Waals surface area contributed by atoms with Crippen LogP contribution in [0.2, 0.25) is 0 Å². The molecule has 2 nitrogen and oxygen atoms in total. The van der Waals surface area contributed by atoms with Gasteiger partial charge in [0.25, 0.3) is 0 Å². The molecule has 0 bridgehead atoms. The fourth-order valence-corrected chi connectivity index (χ4v) is 2.70. The molecule has 3 heteroatoms. The molecule has 0 spiro atoms. The Bertz CT molecular complexity index is 323. The summed E-state index contributed by atoms with van der Waals surface area (Å²) in [7, 11) is 0. The number of aryl methyl sites for hydroxylation is 1. The summed E-state index contributed by atoms with van der Waals surface area (Å²) in [6, 6.07) is 4.03. The summed E-state index contributed by atoms with van der Waals surface area (Å²) in [6.07, 6.45) is 8.06. The third kappa shape index (κ3) is 3.20. The summed E-state index contributed by atoms with van der Waals surface area (Å²) >= 11 is 3.75. The third-order valence-electron chi connectivity index (χ3n) is 2.99. The van der Waals surface area contributed by atoms with E-state index >= 15 is 0 Å². The summed E-state index contributed by atoms with van der Waals surface area (Å²) in [6.45, 7) is 0. The Kier molecular flexibility index (Phi) is 3.62. The van der Waals surface area contributed by atoms with Crippen LogP contribution in [0.3, 0.4) is 0 Å². The Hall–Kier alpha value is -0.570. The van der Waals surface area contributed by atoms with E-state index in [-0.39, 0.29) is 0 Å². The molecule has 1 unspecified atom stereocenters. The van der Waals surface area contributed by atoms with E-state index < -0.39 is 0 Å². The van der Waals surface area contributed by atoms with Gasteiger partial charge >= 0.3 is 0 Å². The lowest BCUT2D eigenvalue weighted by molar-refractivity contribution is 0.653. The molecule has 1 atom stereocenters. The first-order valence-electron chi connectivity index (χ1n) is 5.61. The van der Waals surface area contributed by atoms with Crippen molar-refractivity contribution in [1.82, 2.24) is 4.98 Å². The molecule has 2 rings (SSSR count). The fourth-order valence-electron chi connectivity index (χ4n) is 1.84. The number of alkyl halides is 1. The molecule has 1 heterocycles. The van der Waals surface area contributed by atoms with Gasteiger partial charge in [0, 0.05) is 11.0 Å². The molecule has 0 aromatic carbocycles. The van der Waals surface area contributed by atoms with Gasteiger partial charge in [-0.15, -0.1) is 0 Å². The summed E-state index contributed by atoms with van der Waals surface area (Å²) in [5, 5.41) is 0. The molecule has 1 aromatic heterocycles. The summed E-state index contributed by atoms with van der Waals surface area (Å²) in [4.78, 5) is 4.81. The van der Waals surface area contributed by atoms with Gasteiger partial charge in [0.1, 0.15) is 5.82 Å². The van der Waals surface area contributed by atoms with E-state index in [4.69, 9.17) is 5.73 Å². The van der Waals surface area contributed by atoms with Crippen LogP contribution >= 0.6 is 15.9 Å². The smallest absolute Gasteiger partial charge is 0.126 e. The van der Waals surface area contributed by atoms with Gasteiger partial charge in [0.05, 0.1) is 0 Å². The second kappa shape index (κ2) is 4.97. The van der Waals surface area contributed by atoms with E-state index in [0.29, 0.717) is 5.82 Å². The van der Waals surface area contributed by atoms with Crippen molar-refractivity contribution in [3.63, 3.8) is 0 Å². The van der Waals surface area contributed by atoms with Gasteiger partial charge in [-0.05, 0) is 49.7 Å². The highest BCUT2D eigenvalue weighted by atomic mass is 79.9. The molecule has 15 heavy (non-hydrogen) atoms. The zero-order valence-corrected chi connectivity index (χ0v) is 10.4. The lowest BCUT2D eigenvalue weighted by Gasteiger charge is -2.08. The predicted octanol–water partition coefficient (Wildman–Crippen LogP) is 3.16. The normalized spacial score (nSPS) is 17.7. The maximum Gasteiger partial charge on any atom is 0.126 e. The Morgan fingerprint density at radius 2 is 2.33 bits per heavy atom. The molecule has 1 saturated carbocycles. The second-order valence-corrected chi connectivity index (χ2v) is 5.47. The molecule has 1 aliphatic rings. The molecule has 2 N–H and O–H groups in total. The summed E-state index contributed by atoms with van der Waals surface area (Å²) < 4.78 is 0. The van der Waals surface area contributed by atoms with Gasteiger partial charge in [0.15, 0.2) is 0 Å². The van der Waals surface area contributed by atoms with Gasteiger partial charge in [0.2, 0.25) is 0 Å². The number of nitrogens with zero attached hydrogens (tertiary/aromatic N) is 1. The van der Waals surface area contributed by atoms with Crippen molar-refractivity contribution in [2.75, 3.05) is 5.73 Å². The largest absolute Gasteiger partial charge is 0.383 e. The number of nitrogen functional groups attached to an aromatic ring is 1. The molecular weight excluding hydrogens is 252 g/mol. The minimum absolute atomic E-state index is 0.690. The first-order valence-corrected chi connectivity index (χ1v) is 6.52. The van der Waals surface area contributed by atoms with E-state index in [2.05, 4.69) is 27.0 Å². The van der Waals surface area contributed by atoms with Crippen LogP contribution in [0.1, 0.15) is 31.2 Å². The minimum atomic E-state index is 0.690. The van der Waals surface area contributed by atoms with E-state index in [1.807, 2.05) is 6.07 Å². The molecule has 0 radical (unpaired) electrons. The average molecular weight is 269 g/mol. The van der Waals surface area contributed by atoms with Crippen molar-refractivity contribution >= 4 is 21.7 Å². The van der Waals surface area contributed by atoms with Crippen LogP contribution in [0.4, 0.5) is 5.82 Å². The van der Waals surface area contributed by atoms with Crippen LogP contribution < -0.4 is 5.73 Å². The maximum atomic E-state index is 5.79. The highest BCUT2D eigenvalue weighted by Crippen LogP contribution is 2.38. The van der Waals surface area contributed by atoms with E-state index in [1.54, 1.807) is 6.20 Å². The summed E-state index contributed by atoms with van der Waals surface area (Å²) in [5.41, 5.74) is 6.97. The Labute approximate surface area is 99.4 Å². The zero-order chi connectivity index (χ0) is 10.7. The van der Waals surface area contributed by atoms with Crippen molar-refractivity contribution < 1.29 is 0 Å². The number of halogens is 1. The van der Waals surface area contributed by atoms with Gasteiger partial charge in [-0.25, -0.2) is 4.98 Å². The Balaban J connectivity index is 1.75. The number of rotatable bonds is 5. The van der Waals surface area contributed by atoms with Crippen molar-refractivity contribution in [2.24, 2.45) is 5.92 Å². The second-order valence-electron chi connectivity index (χ2n) is 4.29. The van der Waals surface area contributed by atoms with Crippen molar-refractivity contribution in [1.29, 1.82) is 0 Å². The average Bonchev–Trinajstić information content (AvgIpc) is 3.04. The highest BCUT2D eigenvalue weighted by Gasteiger charge is 2.28. The van der Waals surface area contributed by atoms with Crippen LogP contribution in [-0.2, 0) is 6.42 Å². The van der Waals surface area contributed by atoms with Gasteiger partial charge < -0.3 is 5.73 Å². The topological polar surface area (TPSA) is 38.9 Å². The molecule has 0 amide bonds. The maximum absolute atomic E-state index is 5.79. The Morgan fingerprint density at radius 3 is 3.00 bits per heavy atom. The molecule has 0 aliphatic heterocycles. The lowest BCUT2D eigenvalue weighted by atomic mass is 10.1. The SMILES string of the molecule is Nc1ncccc1CCCC(Br)C1CC1. The zero-order valence-electron chi connectivity index (χ0n) is 8.82. The number of anilines is 1. The van der Waals surface area contributed by atoms with Crippen LogP contribution in [0.5, 0.6) is 0 Å². The minimum Gasteiger partial charge on any atom is -0.383 e. The van der Waals surface area contributed by atoms with Crippen LogP contribution in [-0.4, -0.2) is 9.81 Å². The monoisotopic (exact) mass is 268 g/mol. The van der Waals surface area contributed by atoms with E-state index in [0.717, 1.165) is 17.2 Å². The highest BCUT2D eigenvalue weighted by molar-refractivity contribution is 9.09. The molecule has 82 valence electrons. The number of hydrogen-bond acceptors (Lipinski definition) is 2. The number of pyridine rings is 1. The first-order chi connectivity index (χ1) is 7.27. The quantitative estimate of drug-likeness (QED) is 0.834. The van der Waals surface area contributed by atoms with Gasteiger partial charge in [-0.3, -0.25) is 0 Å². The fraction of sp³-hybridized carbons (Fsp3) is 0.583. The van der Waals surface area contributed by atoms with Crippen molar-refractivity contribution in [3.8, 4) is 0 Å². The van der Waals surface area contributed by atoms with Crippen LogP contribution in [0.15, 0.2) is 18.3 Å². The third-order valence-corrected chi connectivity index (χ3v) is 4.19. The molecule has 1 aliphatic carbocycles. The predicted molar refractivity (Wildman–Crippen MR) is 67.0 cm³/mol. The van der Waals surface area contributed by atoms with Crippen LogP contribution in [0, 0.1) is 5.92 Å². The van der Waals surface area contributed by atoms with Crippen LogP contribution in [0.25, 0.3) is 0 Å². The lowest BCUT2D eigenvalue weighted by Crippen LogP contribution is -2.02. The molecule has 1 fully saturated rings. The Morgan fingerprint density at radius 1 is 1.53 bits per heavy atom. The number of aromatic nitrogens is 1. The molecule has 0 saturated heterocycles. The van der Waals surface area contributed by atoms with Gasteiger partial charge in [-0.2, -0.15) is 0 Å². The number of hydrogen-bond donors (Lipinski definition) is 1. The molecule has 1 aromatic rings. The molecular formula is C12H17BrN2. The first kappa shape index (κ1) is 10.9.